The summed E-state index contributed by atoms with van der Waals surface area (Å²) >= 11 is 0. The Bertz CT molecular complexity index is 342. The molecule has 0 radical (unpaired) electrons. The summed E-state index contributed by atoms with van der Waals surface area (Å²) in [6, 6.07) is 0. The molecule has 0 aromatic carbocycles. The molecular weight excluding hydrogens is 256 g/mol. The molecule has 0 bridgehead atoms. The van der Waals surface area contributed by atoms with Crippen LogP contribution in [-0.2, 0) is 0 Å². The molecular formula is C20H38O. The minimum Gasteiger partial charge on any atom is -0.390 e. The predicted octanol–water partition coefficient (Wildman–Crippen LogP) is 5.66. The van der Waals surface area contributed by atoms with Crippen molar-refractivity contribution in [3.05, 3.63) is 0 Å². The second-order valence-corrected chi connectivity index (χ2v) is 9.35. The molecule has 21 heavy (non-hydrogen) atoms. The summed E-state index contributed by atoms with van der Waals surface area (Å²) in [5, 5.41) is 9.99. The van der Waals surface area contributed by atoms with E-state index in [4.69, 9.17) is 0 Å². The van der Waals surface area contributed by atoms with Gasteiger partial charge in [0.25, 0.3) is 0 Å². The van der Waals surface area contributed by atoms with Crippen LogP contribution in [0.5, 0.6) is 0 Å². The first-order valence-electron chi connectivity index (χ1n) is 9.37. The second kappa shape index (κ2) is 6.22. The zero-order valence-electron chi connectivity index (χ0n) is 15.3. The van der Waals surface area contributed by atoms with Crippen LogP contribution in [0.3, 0.4) is 0 Å². The maximum absolute atomic E-state index is 9.99. The largest absolute Gasteiger partial charge is 0.390 e. The molecule has 0 saturated heterocycles. The average molecular weight is 295 g/mol. The molecule has 0 heterocycles. The van der Waals surface area contributed by atoms with Crippen LogP contribution in [0.25, 0.3) is 0 Å². The summed E-state index contributed by atoms with van der Waals surface area (Å²) in [7, 11) is 0. The van der Waals surface area contributed by atoms with Gasteiger partial charge in [0.15, 0.2) is 0 Å². The van der Waals surface area contributed by atoms with Crippen LogP contribution < -0.4 is 0 Å². The molecule has 5 unspecified atom stereocenters. The minimum absolute atomic E-state index is 0.505. The molecule has 1 N–H and O–H groups in total. The zero-order valence-corrected chi connectivity index (χ0v) is 15.3. The van der Waals surface area contributed by atoms with E-state index in [1.54, 1.807) is 0 Å². The van der Waals surface area contributed by atoms with Crippen LogP contribution in [0.2, 0.25) is 0 Å². The Morgan fingerprint density at radius 1 is 1.19 bits per heavy atom. The van der Waals surface area contributed by atoms with Crippen LogP contribution in [0.15, 0.2) is 0 Å². The van der Waals surface area contributed by atoms with Gasteiger partial charge in [-0.2, -0.15) is 0 Å². The van der Waals surface area contributed by atoms with Crippen molar-refractivity contribution in [3.63, 3.8) is 0 Å². The SMILES string of the molecule is CC1CCCC2(C)C1CCC2[C@H](C)C(C)CCC(C)(C)O. The van der Waals surface area contributed by atoms with E-state index >= 15 is 0 Å². The van der Waals surface area contributed by atoms with Crippen LogP contribution in [0.1, 0.15) is 86.5 Å². The monoisotopic (exact) mass is 294 g/mol. The third-order valence-electron chi connectivity index (χ3n) is 7.29. The lowest BCUT2D eigenvalue weighted by Crippen LogP contribution is -2.39. The Morgan fingerprint density at radius 2 is 1.86 bits per heavy atom. The number of aliphatic hydroxyl groups is 1. The van der Waals surface area contributed by atoms with Crippen LogP contribution in [0.4, 0.5) is 0 Å². The Morgan fingerprint density at radius 3 is 2.48 bits per heavy atom. The van der Waals surface area contributed by atoms with Gasteiger partial charge in [-0.05, 0) is 81.0 Å². The van der Waals surface area contributed by atoms with E-state index in [-0.39, 0.29) is 0 Å². The molecule has 0 aromatic heterocycles. The van der Waals surface area contributed by atoms with Crippen LogP contribution in [0, 0.1) is 35.0 Å². The first-order valence-corrected chi connectivity index (χ1v) is 9.37. The van der Waals surface area contributed by atoms with Crippen molar-refractivity contribution in [2.45, 2.75) is 92.1 Å². The summed E-state index contributed by atoms with van der Waals surface area (Å²) in [5.41, 5.74) is 0.0928. The molecule has 1 heteroatoms. The van der Waals surface area contributed by atoms with Crippen molar-refractivity contribution in [1.29, 1.82) is 0 Å². The summed E-state index contributed by atoms with van der Waals surface area (Å²) in [6.07, 6.45) is 9.35. The smallest absolute Gasteiger partial charge is 0.0591 e. The van der Waals surface area contributed by atoms with Gasteiger partial charge in [0.2, 0.25) is 0 Å². The molecule has 1 nitrogen and oxygen atoms in total. The number of hydrogen-bond donors (Lipinski definition) is 1. The fourth-order valence-corrected chi connectivity index (χ4v) is 5.71. The normalized spacial score (nSPS) is 39.9. The first-order chi connectivity index (χ1) is 9.65. The van der Waals surface area contributed by atoms with Gasteiger partial charge in [-0.25, -0.2) is 0 Å². The average Bonchev–Trinajstić information content (AvgIpc) is 2.73. The summed E-state index contributed by atoms with van der Waals surface area (Å²) in [6.45, 7) is 13.9. The Balaban J connectivity index is 2.00. The second-order valence-electron chi connectivity index (χ2n) is 9.35. The van der Waals surface area contributed by atoms with E-state index in [0.717, 1.165) is 42.4 Å². The maximum Gasteiger partial charge on any atom is 0.0591 e. The van der Waals surface area contributed by atoms with Crippen molar-refractivity contribution in [2.24, 2.45) is 35.0 Å². The highest BCUT2D eigenvalue weighted by molar-refractivity contribution is 5.01. The molecule has 2 fully saturated rings. The third kappa shape index (κ3) is 3.66. The standard InChI is InChI=1S/C20H38O/c1-14(11-13-19(4,5)21)16(3)18-10-9-17-15(2)8-7-12-20(17,18)6/h14-18,21H,7-13H2,1-6H3/t14?,15?,16-,17?,18?,20?/m1/s1. The number of fused-ring (bicyclic) bond motifs is 1. The molecule has 124 valence electrons. The van der Waals surface area contributed by atoms with Crippen molar-refractivity contribution in [3.8, 4) is 0 Å². The molecule has 0 spiro atoms. The van der Waals surface area contributed by atoms with Gasteiger partial charge >= 0.3 is 0 Å². The molecule has 2 aliphatic carbocycles. The van der Waals surface area contributed by atoms with E-state index in [2.05, 4.69) is 27.7 Å². The molecule has 0 amide bonds. The van der Waals surface area contributed by atoms with Gasteiger partial charge < -0.3 is 5.11 Å². The fraction of sp³-hybridized carbons (Fsp3) is 1.00. The van der Waals surface area contributed by atoms with Crippen molar-refractivity contribution in [2.75, 3.05) is 0 Å². The van der Waals surface area contributed by atoms with E-state index in [1.807, 2.05) is 13.8 Å². The van der Waals surface area contributed by atoms with Crippen molar-refractivity contribution < 1.29 is 5.11 Å². The highest BCUT2D eigenvalue weighted by atomic mass is 16.3. The Kier molecular flexibility index (Phi) is 5.13. The molecule has 6 atom stereocenters. The summed E-state index contributed by atoms with van der Waals surface area (Å²) in [4.78, 5) is 0. The van der Waals surface area contributed by atoms with Gasteiger partial charge in [-0.1, -0.05) is 40.5 Å². The van der Waals surface area contributed by atoms with E-state index in [9.17, 15) is 5.11 Å². The van der Waals surface area contributed by atoms with E-state index < -0.39 is 5.60 Å². The van der Waals surface area contributed by atoms with Crippen molar-refractivity contribution in [1.82, 2.24) is 0 Å². The predicted molar refractivity (Wildman–Crippen MR) is 91.2 cm³/mol. The molecule has 0 aliphatic heterocycles. The van der Waals surface area contributed by atoms with E-state index in [0.29, 0.717) is 5.41 Å². The minimum atomic E-state index is -0.505. The zero-order chi connectivity index (χ0) is 15.8. The van der Waals surface area contributed by atoms with Gasteiger partial charge in [-0.3, -0.25) is 0 Å². The van der Waals surface area contributed by atoms with Crippen LogP contribution >= 0.6 is 0 Å². The van der Waals surface area contributed by atoms with Gasteiger partial charge in [-0.15, -0.1) is 0 Å². The van der Waals surface area contributed by atoms with E-state index in [1.165, 1.54) is 32.1 Å². The maximum atomic E-state index is 9.99. The summed E-state index contributed by atoms with van der Waals surface area (Å²) in [5.74, 6) is 4.34. The molecule has 2 rings (SSSR count). The third-order valence-corrected chi connectivity index (χ3v) is 7.29. The quantitative estimate of drug-likeness (QED) is 0.693. The van der Waals surface area contributed by atoms with Gasteiger partial charge in [0.1, 0.15) is 0 Å². The van der Waals surface area contributed by atoms with Gasteiger partial charge in [0.05, 0.1) is 5.60 Å². The molecule has 2 aliphatic rings. The summed E-state index contributed by atoms with van der Waals surface area (Å²) < 4.78 is 0. The lowest BCUT2D eigenvalue weighted by molar-refractivity contribution is 0.0170. The lowest BCUT2D eigenvalue weighted by Gasteiger charge is -2.47. The van der Waals surface area contributed by atoms with Crippen molar-refractivity contribution >= 4 is 0 Å². The topological polar surface area (TPSA) is 20.2 Å². The first kappa shape index (κ1) is 17.3. The van der Waals surface area contributed by atoms with Crippen LogP contribution in [-0.4, -0.2) is 10.7 Å². The molecule has 0 aromatic rings. The molecule has 2 saturated carbocycles. The fourth-order valence-electron chi connectivity index (χ4n) is 5.71. The van der Waals surface area contributed by atoms with Gasteiger partial charge in [0, 0.05) is 0 Å². The number of rotatable bonds is 5. The lowest BCUT2D eigenvalue weighted by atomic mass is 9.58. The Labute approximate surface area is 132 Å². The highest BCUT2D eigenvalue weighted by Crippen LogP contribution is 2.60. The Hall–Kier alpha value is -0.0400. The number of hydrogen-bond acceptors (Lipinski definition) is 1. The highest BCUT2D eigenvalue weighted by Gasteiger charge is 2.51.